The highest BCUT2D eigenvalue weighted by molar-refractivity contribution is 5.27. The van der Waals surface area contributed by atoms with Crippen molar-refractivity contribution in [3.8, 4) is 11.8 Å². The zero-order chi connectivity index (χ0) is 13.7. The second kappa shape index (κ2) is 5.98. The molecule has 6 nitrogen and oxygen atoms in total. The van der Waals surface area contributed by atoms with Crippen LogP contribution in [0.25, 0.3) is 0 Å². The van der Waals surface area contributed by atoms with Crippen molar-refractivity contribution in [2.45, 2.75) is 25.4 Å². The molecule has 1 unspecified atom stereocenters. The predicted octanol–water partition coefficient (Wildman–Crippen LogP) is 1.18. The minimum absolute atomic E-state index is 0.0374. The number of hydrogen-bond donors (Lipinski definition) is 2. The van der Waals surface area contributed by atoms with Gasteiger partial charge in [-0.3, -0.25) is 0 Å². The van der Waals surface area contributed by atoms with Crippen molar-refractivity contribution in [2.24, 2.45) is 0 Å². The molecule has 1 heterocycles. The Morgan fingerprint density at radius 1 is 1.32 bits per heavy atom. The molecule has 0 saturated heterocycles. The molecule has 0 bridgehead atoms. The molecule has 19 heavy (non-hydrogen) atoms. The van der Waals surface area contributed by atoms with Gasteiger partial charge in [0.2, 0.25) is 5.89 Å². The van der Waals surface area contributed by atoms with Crippen LogP contribution >= 0.6 is 0 Å². The molecule has 0 saturated carbocycles. The van der Waals surface area contributed by atoms with E-state index in [0.29, 0.717) is 18.1 Å². The SMILES string of the molecule is N#CCC(O)Cc1nc(Cc2ccc(O)cc2)no1. The normalized spacial score (nSPS) is 12.0. The Hall–Kier alpha value is -2.39. The van der Waals surface area contributed by atoms with Crippen LogP contribution < -0.4 is 0 Å². The molecule has 1 aromatic heterocycles. The number of aromatic nitrogens is 2. The number of aliphatic hydroxyl groups excluding tert-OH is 1. The van der Waals surface area contributed by atoms with Crippen LogP contribution in [0.4, 0.5) is 0 Å². The molecule has 0 radical (unpaired) electrons. The second-order valence-corrected chi connectivity index (χ2v) is 4.17. The van der Waals surface area contributed by atoms with Crippen LogP contribution in [0.5, 0.6) is 5.75 Å². The van der Waals surface area contributed by atoms with E-state index in [0.717, 1.165) is 5.56 Å². The average molecular weight is 259 g/mol. The van der Waals surface area contributed by atoms with Gasteiger partial charge in [0, 0.05) is 6.42 Å². The van der Waals surface area contributed by atoms with E-state index in [4.69, 9.17) is 9.78 Å². The van der Waals surface area contributed by atoms with E-state index in [1.54, 1.807) is 24.3 Å². The van der Waals surface area contributed by atoms with Gasteiger partial charge in [0.15, 0.2) is 5.82 Å². The summed E-state index contributed by atoms with van der Waals surface area (Å²) in [4.78, 5) is 4.14. The Labute approximate surface area is 109 Å². The number of rotatable bonds is 5. The molecule has 0 amide bonds. The standard InChI is InChI=1S/C13H13N3O3/c14-6-5-11(18)8-13-15-12(16-19-13)7-9-1-3-10(17)4-2-9/h1-4,11,17-18H,5,7-8H2. The van der Waals surface area contributed by atoms with Crippen LogP contribution in [-0.4, -0.2) is 26.5 Å². The van der Waals surface area contributed by atoms with Crippen molar-refractivity contribution in [3.05, 3.63) is 41.5 Å². The van der Waals surface area contributed by atoms with Crippen LogP contribution in [0, 0.1) is 11.3 Å². The largest absolute Gasteiger partial charge is 0.508 e. The van der Waals surface area contributed by atoms with E-state index in [-0.39, 0.29) is 18.6 Å². The molecule has 98 valence electrons. The third-order valence-corrected chi connectivity index (χ3v) is 2.55. The van der Waals surface area contributed by atoms with Crippen LogP contribution in [0.1, 0.15) is 23.7 Å². The number of nitriles is 1. The summed E-state index contributed by atoms with van der Waals surface area (Å²) in [5, 5.41) is 30.9. The number of phenolic OH excluding ortho intramolecular Hbond substituents is 1. The molecule has 1 aromatic carbocycles. The maximum absolute atomic E-state index is 9.45. The van der Waals surface area contributed by atoms with E-state index in [9.17, 15) is 10.2 Å². The maximum Gasteiger partial charge on any atom is 0.229 e. The minimum atomic E-state index is -0.785. The Kier molecular flexibility index (Phi) is 4.11. The van der Waals surface area contributed by atoms with Crippen molar-refractivity contribution < 1.29 is 14.7 Å². The van der Waals surface area contributed by atoms with Gasteiger partial charge < -0.3 is 14.7 Å². The lowest BCUT2D eigenvalue weighted by Crippen LogP contribution is -2.09. The van der Waals surface area contributed by atoms with Gasteiger partial charge in [-0.1, -0.05) is 17.3 Å². The van der Waals surface area contributed by atoms with Crippen LogP contribution in [0.15, 0.2) is 28.8 Å². The molecule has 2 N–H and O–H groups in total. The Balaban J connectivity index is 1.97. The van der Waals surface area contributed by atoms with E-state index in [1.807, 2.05) is 6.07 Å². The third kappa shape index (κ3) is 3.79. The quantitative estimate of drug-likeness (QED) is 0.835. The zero-order valence-corrected chi connectivity index (χ0v) is 10.2. The Morgan fingerprint density at radius 3 is 2.74 bits per heavy atom. The van der Waals surface area contributed by atoms with Gasteiger partial charge in [0.05, 0.1) is 25.0 Å². The average Bonchev–Trinajstić information content (AvgIpc) is 2.80. The van der Waals surface area contributed by atoms with Crippen LogP contribution in [0.2, 0.25) is 0 Å². The first-order chi connectivity index (χ1) is 9.17. The number of hydrogen-bond acceptors (Lipinski definition) is 6. The first-order valence-electron chi connectivity index (χ1n) is 5.82. The molecule has 1 atom stereocenters. The van der Waals surface area contributed by atoms with E-state index in [2.05, 4.69) is 10.1 Å². The van der Waals surface area contributed by atoms with Crippen molar-refractivity contribution in [2.75, 3.05) is 0 Å². The highest BCUT2D eigenvalue weighted by Crippen LogP contribution is 2.13. The Morgan fingerprint density at radius 2 is 2.05 bits per heavy atom. The zero-order valence-electron chi connectivity index (χ0n) is 10.2. The van der Waals surface area contributed by atoms with Gasteiger partial charge in [-0.05, 0) is 17.7 Å². The maximum atomic E-state index is 9.45. The Bertz CT molecular complexity index is 572. The van der Waals surface area contributed by atoms with Crippen molar-refractivity contribution in [3.63, 3.8) is 0 Å². The van der Waals surface area contributed by atoms with Gasteiger partial charge in [-0.2, -0.15) is 10.2 Å². The molecule has 2 aromatic rings. The number of aliphatic hydroxyl groups is 1. The van der Waals surface area contributed by atoms with Gasteiger partial charge in [-0.15, -0.1) is 0 Å². The summed E-state index contributed by atoms with van der Waals surface area (Å²) in [6.07, 6.45) is -0.0869. The molecule has 0 aliphatic heterocycles. The summed E-state index contributed by atoms with van der Waals surface area (Å²) in [6, 6.07) is 8.60. The first kappa shape index (κ1) is 13.1. The monoisotopic (exact) mass is 259 g/mol. The summed E-state index contributed by atoms with van der Waals surface area (Å²) in [7, 11) is 0. The van der Waals surface area contributed by atoms with E-state index in [1.165, 1.54) is 0 Å². The third-order valence-electron chi connectivity index (χ3n) is 2.55. The molecule has 0 aliphatic carbocycles. The summed E-state index contributed by atoms with van der Waals surface area (Å²) >= 11 is 0. The number of nitrogens with zero attached hydrogens (tertiary/aromatic N) is 3. The predicted molar refractivity (Wildman–Crippen MR) is 65.2 cm³/mol. The lowest BCUT2D eigenvalue weighted by molar-refractivity contribution is 0.167. The second-order valence-electron chi connectivity index (χ2n) is 4.17. The topological polar surface area (TPSA) is 103 Å². The fourth-order valence-corrected chi connectivity index (χ4v) is 1.62. The fourth-order valence-electron chi connectivity index (χ4n) is 1.62. The lowest BCUT2D eigenvalue weighted by atomic mass is 10.1. The summed E-state index contributed by atoms with van der Waals surface area (Å²) in [5.74, 6) is 1.03. The highest BCUT2D eigenvalue weighted by Gasteiger charge is 2.12. The van der Waals surface area contributed by atoms with Crippen molar-refractivity contribution >= 4 is 0 Å². The molecule has 0 fully saturated rings. The molecule has 0 spiro atoms. The molecular formula is C13H13N3O3. The van der Waals surface area contributed by atoms with E-state index >= 15 is 0 Å². The highest BCUT2D eigenvalue weighted by atomic mass is 16.5. The van der Waals surface area contributed by atoms with E-state index < -0.39 is 6.10 Å². The minimum Gasteiger partial charge on any atom is -0.508 e. The fraction of sp³-hybridized carbons (Fsp3) is 0.308. The molecule has 2 rings (SSSR count). The molecule has 0 aliphatic rings. The molecule has 6 heteroatoms. The van der Waals surface area contributed by atoms with Gasteiger partial charge in [0.1, 0.15) is 5.75 Å². The summed E-state index contributed by atoms with van der Waals surface area (Å²) in [5.41, 5.74) is 0.947. The summed E-state index contributed by atoms with van der Waals surface area (Å²) < 4.78 is 5.00. The van der Waals surface area contributed by atoms with Gasteiger partial charge in [-0.25, -0.2) is 0 Å². The summed E-state index contributed by atoms with van der Waals surface area (Å²) in [6.45, 7) is 0. The molecular weight excluding hydrogens is 246 g/mol. The van der Waals surface area contributed by atoms with Crippen molar-refractivity contribution in [1.82, 2.24) is 10.1 Å². The number of phenols is 1. The first-order valence-corrected chi connectivity index (χ1v) is 5.82. The van der Waals surface area contributed by atoms with Crippen molar-refractivity contribution in [1.29, 1.82) is 5.26 Å². The van der Waals surface area contributed by atoms with Crippen LogP contribution in [0.3, 0.4) is 0 Å². The van der Waals surface area contributed by atoms with Crippen LogP contribution in [-0.2, 0) is 12.8 Å². The van der Waals surface area contributed by atoms with Gasteiger partial charge in [0.25, 0.3) is 0 Å². The lowest BCUT2D eigenvalue weighted by Gasteiger charge is -1.99. The number of aromatic hydroxyl groups is 1. The smallest absolute Gasteiger partial charge is 0.229 e. The van der Waals surface area contributed by atoms with Gasteiger partial charge >= 0.3 is 0 Å². The number of benzene rings is 1.